The van der Waals surface area contributed by atoms with Gasteiger partial charge in [0, 0.05) is 36.5 Å². The number of halogens is 1. The molecular formula is C32H40FN5O3. The van der Waals surface area contributed by atoms with Gasteiger partial charge in [0.2, 0.25) is 5.95 Å². The van der Waals surface area contributed by atoms with Gasteiger partial charge in [0.15, 0.2) is 11.6 Å². The minimum atomic E-state index is -0.462. The maximum absolute atomic E-state index is 14.9. The van der Waals surface area contributed by atoms with E-state index in [2.05, 4.69) is 27.2 Å². The van der Waals surface area contributed by atoms with Crippen molar-refractivity contribution in [3.8, 4) is 11.5 Å². The predicted molar refractivity (Wildman–Crippen MR) is 159 cm³/mol. The van der Waals surface area contributed by atoms with Crippen LogP contribution in [0, 0.1) is 25.6 Å². The third-order valence-electron chi connectivity index (χ3n) is 8.01. The standard InChI is InChI=1S/C32H40FN5O3/c1-22-9-7-10-23(2)30(22)41-32(39)38(26-12-5-4-6-13-26)29-16-17-34-31(36-29)35-25-14-15-28(27(33)19-25)40-21-24-11-8-18-37(3)20-24/h7,9-10,14-17,19,24,26H,4-6,8,11-13,18,20-21H2,1-3H3,(H,34,35,36). The number of amides is 1. The monoisotopic (exact) mass is 561 g/mol. The van der Waals surface area contributed by atoms with Crippen molar-refractivity contribution in [1.82, 2.24) is 14.9 Å². The molecule has 0 bridgehead atoms. The smallest absolute Gasteiger partial charge is 0.421 e. The summed E-state index contributed by atoms with van der Waals surface area (Å²) >= 11 is 0. The van der Waals surface area contributed by atoms with E-state index in [1.54, 1.807) is 29.3 Å². The largest absolute Gasteiger partial charge is 0.490 e. The molecule has 1 saturated heterocycles. The molecule has 9 heteroatoms. The van der Waals surface area contributed by atoms with Crippen molar-refractivity contribution in [2.75, 3.05) is 37.0 Å². The van der Waals surface area contributed by atoms with Gasteiger partial charge in [-0.2, -0.15) is 4.98 Å². The number of benzene rings is 2. The van der Waals surface area contributed by atoms with Crippen LogP contribution in [0.4, 0.5) is 26.6 Å². The highest BCUT2D eigenvalue weighted by Crippen LogP contribution is 2.31. The van der Waals surface area contributed by atoms with Crippen molar-refractivity contribution in [1.29, 1.82) is 0 Å². The molecule has 41 heavy (non-hydrogen) atoms. The van der Waals surface area contributed by atoms with Crippen LogP contribution in [0.15, 0.2) is 48.7 Å². The van der Waals surface area contributed by atoms with Crippen molar-refractivity contribution < 1.29 is 18.7 Å². The molecule has 1 N–H and O–H groups in total. The van der Waals surface area contributed by atoms with Crippen LogP contribution in [0.3, 0.4) is 0 Å². The molecule has 5 rings (SSSR count). The number of piperidine rings is 1. The number of nitrogens with one attached hydrogen (secondary N) is 1. The van der Waals surface area contributed by atoms with E-state index in [9.17, 15) is 9.18 Å². The molecule has 218 valence electrons. The van der Waals surface area contributed by atoms with Crippen LogP contribution in [-0.2, 0) is 0 Å². The molecule has 1 saturated carbocycles. The molecule has 1 atom stereocenters. The number of ether oxygens (including phenoxy) is 2. The highest BCUT2D eigenvalue weighted by Gasteiger charge is 2.30. The highest BCUT2D eigenvalue weighted by atomic mass is 19.1. The first-order valence-electron chi connectivity index (χ1n) is 14.7. The number of rotatable bonds is 8. The molecule has 0 radical (unpaired) electrons. The van der Waals surface area contributed by atoms with Crippen LogP contribution in [0.25, 0.3) is 0 Å². The first-order chi connectivity index (χ1) is 19.9. The molecule has 2 heterocycles. The number of likely N-dealkylation sites (tertiary alicyclic amines) is 1. The second kappa shape index (κ2) is 13.3. The number of aromatic nitrogens is 2. The van der Waals surface area contributed by atoms with Crippen LogP contribution < -0.4 is 19.7 Å². The normalized spacial score (nSPS) is 18.1. The molecule has 1 aliphatic carbocycles. The molecule has 2 aliphatic rings. The number of para-hydroxylation sites is 1. The maximum atomic E-state index is 14.9. The number of anilines is 3. The molecule has 1 amide bonds. The quantitative estimate of drug-likeness (QED) is 0.316. The Balaban J connectivity index is 1.31. The van der Waals surface area contributed by atoms with Crippen LogP contribution in [0.1, 0.15) is 56.1 Å². The summed E-state index contributed by atoms with van der Waals surface area (Å²) in [5.41, 5.74) is 2.28. The number of hydrogen-bond donors (Lipinski definition) is 1. The van der Waals surface area contributed by atoms with E-state index in [1.807, 2.05) is 32.0 Å². The molecule has 8 nitrogen and oxygen atoms in total. The van der Waals surface area contributed by atoms with Crippen molar-refractivity contribution in [3.05, 3.63) is 65.6 Å². The van der Waals surface area contributed by atoms with Gasteiger partial charge >= 0.3 is 6.09 Å². The summed E-state index contributed by atoms with van der Waals surface area (Å²) < 4.78 is 26.7. The molecular weight excluding hydrogens is 521 g/mol. The van der Waals surface area contributed by atoms with Gasteiger partial charge in [-0.15, -0.1) is 0 Å². The van der Waals surface area contributed by atoms with Gasteiger partial charge in [-0.05, 0) is 82.4 Å². The van der Waals surface area contributed by atoms with E-state index >= 15 is 0 Å². The highest BCUT2D eigenvalue weighted by molar-refractivity contribution is 5.89. The van der Waals surface area contributed by atoms with E-state index in [4.69, 9.17) is 9.47 Å². The van der Waals surface area contributed by atoms with E-state index in [1.165, 1.54) is 6.07 Å². The number of nitrogens with zero attached hydrogens (tertiary/aromatic N) is 4. The Morgan fingerprint density at radius 2 is 1.85 bits per heavy atom. The van der Waals surface area contributed by atoms with E-state index < -0.39 is 11.9 Å². The lowest BCUT2D eigenvalue weighted by molar-refractivity contribution is 0.147. The number of aryl methyl sites for hydroxylation is 2. The van der Waals surface area contributed by atoms with E-state index in [0.717, 1.165) is 69.2 Å². The number of carbonyl (C=O) groups is 1. The second-order valence-electron chi connectivity index (χ2n) is 11.3. The minimum absolute atomic E-state index is 0.0267. The van der Waals surface area contributed by atoms with Crippen molar-refractivity contribution in [2.45, 2.75) is 64.8 Å². The SMILES string of the molecule is Cc1cccc(C)c1OC(=O)N(c1ccnc(Nc2ccc(OCC3CCCN(C)C3)c(F)c2)n1)C1CCCCC1. The Morgan fingerprint density at radius 3 is 2.59 bits per heavy atom. The van der Waals surface area contributed by atoms with E-state index in [0.29, 0.717) is 29.8 Å². The Kier molecular flexibility index (Phi) is 9.34. The summed E-state index contributed by atoms with van der Waals surface area (Å²) in [6.07, 6.45) is 8.34. The fourth-order valence-electron chi connectivity index (χ4n) is 5.85. The molecule has 3 aromatic rings. The van der Waals surface area contributed by atoms with Crippen molar-refractivity contribution in [3.63, 3.8) is 0 Å². The van der Waals surface area contributed by atoms with Gasteiger partial charge in [-0.25, -0.2) is 14.2 Å². The fraction of sp³-hybridized carbons (Fsp3) is 0.469. The summed E-state index contributed by atoms with van der Waals surface area (Å²) in [4.78, 5) is 26.5. The van der Waals surface area contributed by atoms with Crippen LogP contribution in [0.2, 0.25) is 0 Å². The zero-order valence-corrected chi connectivity index (χ0v) is 24.2. The van der Waals surface area contributed by atoms with Crippen LogP contribution in [-0.4, -0.2) is 53.7 Å². The minimum Gasteiger partial charge on any atom is -0.490 e. The molecule has 2 aromatic carbocycles. The lowest BCUT2D eigenvalue weighted by Gasteiger charge is -2.33. The third-order valence-corrected chi connectivity index (χ3v) is 8.01. The van der Waals surface area contributed by atoms with Gasteiger partial charge in [0.25, 0.3) is 0 Å². The van der Waals surface area contributed by atoms with Gasteiger partial charge < -0.3 is 19.7 Å². The summed E-state index contributed by atoms with van der Waals surface area (Å²) in [6.45, 7) is 6.41. The Bertz CT molecular complexity index is 1330. The van der Waals surface area contributed by atoms with Gasteiger partial charge in [-0.1, -0.05) is 37.5 Å². The Morgan fingerprint density at radius 1 is 1.07 bits per heavy atom. The Labute approximate surface area is 241 Å². The molecule has 1 aliphatic heterocycles. The third kappa shape index (κ3) is 7.33. The zero-order valence-electron chi connectivity index (χ0n) is 24.2. The zero-order chi connectivity index (χ0) is 28.8. The summed E-state index contributed by atoms with van der Waals surface area (Å²) in [6, 6.07) is 12.2. The second-order valence-corrected chi connectivity index (χ2v) is 11.3. The summed E-state index contributed by atoms with van der Waals surface area (Å²) in [7, 11) is 2.10. The lowest BCUT2D eigenvalue weighted by atomic mass is 9.94. The van der Waals surface area contributed by atoms with Crippen LogP contribution in [0.5, 0.6) is 11.5 Å². The first-order valence-corrected chi connectivity index (χ1v) is 14.7. The average molecular weight is 562 g/mol. The predicted octanol–water partition coefficient (Wildman–Crippen LogP) is 7.03. The molecule has 0 spiro atoms. The van der Waals surface area contributed by atoms with Crippen LogP contribution >= 0.6 is 0 Å². The average Bonchev–Trinajstić information content (AvgIpc) is 2.96. The van der Waals surface area contributed by atoms with E-state index in [-0.39, 0.29) is 17.7 Å². The maximum Gasteiger partial charge on any atom is 0.421 e. The summed E-state index contributed by atoms with van der Waals surface area (Å²) in [5, 5.41) is 3.09. The molecule has 2 fully saturated rings. The van der Waals surface area contributed by atoms with Gasteiger partial charge in [0.05, 0.1) is 6.61 Å². The van der Waals surface area contributed by atoms with Gasteiger partial charge in [-0.3, -0.25) is 4.90 Å². The Hall–Kier alpha value is -3.72. The van der Waals surface area contributed by atoms with Crippen molar-refractivity contribution in [2.24, 2.45) is 5.92 Å². The van der Waals surface area contributed by atoms with Gasteiger partial charge in [0.1, 0.15) is 11.6 Å². The summed E-state index contributed by atoms with van der Waals surface area (Å²) in [5.74, 6) is 1.46. The lowest BCUT2D eigenvalue weighted by Crippen LogP contribution is -2.44. The first kappa shape index (κ1) is 28.8. The topological polar surface area (TPSA) is 79.8 Å². The van der Waals surface area contributed by atoms with Crippen molar-refractivity contribution >= 4 is 23.5 Å². The fourth-order valence-corrected chi connectivity index (χ4v) is 5.85. The molecule has 1 aromatic heterocycles. The number of carbonyl (C=O) groups excluding carboxylic acids is 1. The molecule has 1 unspecified atom stereocenters. The number of hydrogen-bond acceptors (Lipinski definition) is 7.